The lowest BCUT2D eigenvalue weighted by molar-refractivity contribution is 0.467. The molecule has 0 aliphatic heterocycles. The highest BCUT2D eigenvalue weighted by Gasteiger charge is 2.16. The number of phenols is 2. The minimum Gasteiger partial charge on any atom is -0.508 e. The van der Waals surface area contributed by atoms with E-state index in [2.05, 4.69) is 0 Å². The average molecular weight is 248 g/mol. The third kappa shape index (κ3) is 1.90. The molecule has 0 aliphatic carbocycles. The van der Waals surface area contributed by atoms with Crippen LogP contribution in [0.3, 0.4) is 0 Å². The second-order valence-electron chi connectivity index (χ2n) is 4.82. The normalized spacial score (nSPS) is 11.4. The number of hydrogen-bond donors (Lipinski definition) is 2. The second kappa shape index (κ2) is 4.48. The summed E-state index contributed by atoms with van der Waals surface area (Å²) in [5.74, 6) is -0.283. The van der Waals surface area contributed by atoms with Crippen molar-refractivity contribution in [2.75, 3.05) is 0 Å². The van der Waals surface area contributed by atoms with E-state index in [1.807, 2.05) is 20.8 Å². The Kier molecular flexibility index (Phi) is 3.16. The van der Waals surface area contributed by atoms with Gasteiger partial charge in [0.1, 0.15) is 17.3 Å². The topological polar surface area (TPSA) is 40.5 Å². The van der Waals surface area contributed by atoms with Gasteiger partial charge in [0.25, 0.3) is 0 Å². The van der Waals surface area contributed by atoms with Crippen molar-refractivity contribution < 1.29 is 14.6 Å². The lowest BCUT2D eigenvalue weighted by atomic mass is 9.91. The molecule has 0 spiro atoms. The molecular weight excluding hydrogens is 231 g/mol. The van der Waals surface area contributed by atoms with Gasteiger partial charge in [0, 0.05) is 11.5 Å². The zero-order valence-corrected chi connectivity index (χ0v) is 10.8. The first-order chi connectivity index (χ1) is 8.45. The number of aromatic hydroxyl groups is 2. The summed E-state index contributed by atoms with van der Waals surface area (Å²) in [6.45, 7) is 5.84. The summed E-state index contributed by atoms with van der Waals surface area (Å²) < 4.78 is 13.9. The van der Waals surface area contributed by atoms with Gasteiger partial charge in [-0.25, -0.2) is 4.39 Å². The summed E-state index contributed by atoms with van der Waals surface area (Å²) in [5, 5.41) is 20.8. The second-order valence-corrected chi connectivity index (χ2v) is 4.82. The van der Waals surface area contributed by atoms with Gasteiger partial charge in [-0.2, -0.15) is 0 Å². The van der Waals surface area contributed by atoms with Crippen LogP contribution in [0.15, 0.2) is 18.2 Å². The summed E-state index contributed by atoms with van der Waals surface area (Å²) in [5.41, 5.74) is 1.45. The molecule has 2 aromatic rings. The minimum atomic E-state index is -0.393. The van der Waals surface area contributed by atoms with Crippen molar-refractivity contribution in [2.45, 2.75) is 33.1 Å². The Hall–Kier alpha value is -1.77. The number of benzene rings is 2. The molecule has 0 unspecified atom stereocenters. The van der Waals surface area contributed by atoms with Gasteiger partial charge >= 0.3 is 0 Å². The van der Waals surface area contributed by atoms with Crippen LogP contribution in [0.2, 0.25) is 0 Å². The van der Waals surface area contributed by atoms with Crippen LogP contribution in [0.25, 0.3) is 10.8 Å². The van der Waals surface area contributed by atoms with Crippen LogP contribution in [-0.2, 0) is 6.42 Å². The standard InChI is InChI=1S/C15H17FO2/c1-4-10-13(16)7-14(18)12-6-9(17)5-11(8(2)3)15(10)12/h5-8,17-18H,4H2,1-3H3. The summed E-state index contributed by atoms with van der Waals surface area (Å²) in [7, 11) is 0. The van der Waals surface area contributed by atoms with Gasteiger partial charge < -0.3 is 10.2 Å². The van der Waals surface area contributed by atoms with E-state index in [0.717, 1.165) is 17.0 Å². The predicted molar refractivity (Wildman–Crippen MR) is 70.7 cm³/mol. The van der Waals surface area contributed by atoms with Crippen molar-refractivity contribution in [3.8, 4) is 11.5 Å². The van der Waals surface area contributed by atoms with E-state index in [9.17, 15) is 14.6 Å². The Bertz CT molecular complexity index is 603. The van der Waals surface area contributed by atoms with Crippen molar-refractivity contribution in [1.82, 2.24) is 0 Å². The lowest BCUT2D eigenvalue weighted by Crippen LogP contribution is -1.97. The Morgan fingerprint density at radius 2 is 1.83 bits per heavy atom. The number of rotatable bonds is 2. The maximum atomic E-state index is 13.9. The Balaban J connectivity index is 2.99. The van der Waals surface area contributed by atoms with Crippen molar-refractivity contribution in [3.05, 3.63) is 35.1 Å². The number of hydrogen-bond acceptors (Lipinski definition) is 2. The smallest absolute Gasteiger partial charge is 0.130 e. The molecule has 0 aliphatic rings. The van der Waals surface area contributed by atoms with E-state index < -0.39 is 5.82 Å². The quantitative estimate of drug-likeness (QED) is 0.840. The van der Waals surface area contributed by atoms with Crippen LogP contribution in [0.5, 0.6) is 11.5 Å². The number of fused-ring (bicyclic) bond motifs is 1. The van der Waals surface area contributed by atoms with Crippen molar-refractivity contribution in [1.29, 1.82) is 0 Å². The third-order valence-electron chi connectivity index (χ3n) is 3.26. The molecule has 2 nitrogen and oxygen atoms in total. The zero-order valence-electron chi connectivity index (χ0n) is 10.8. The molecule has 0 saturated heterocycles. The molecule has 0 amide bonds. The van der Waals surface area contributed by atoms with Crippen LogP contribution in [0, 0.1) is 5.82 Å². The number of halogens is 1. The van der Waals surface area contributed by atoms with Crippen molar-refractivity contribution in [3.63, 3.8) is 0 Å². The molecule has 0 radical (unpaired) electrons. The first kappa shape index (κ1) is 12.7. The molecular formula is C15H17FO2. The van der Waals surface area contributed by atoms with Crippen LogP contribution in [0.1, 0.15) is 37.8 Å². The fraction of sp³-hybridized carbons (Fsp3) is 0.333. The van der Waals surface area contributed by atoms with Gasteiger partial charge in [0.2, 0.25) is 0 Å². The number of aryl methyl sites for hydroxylation is 1. The van der Waals surface area contributed by atoms with Gasteiger partial charge in [-0.3, -0.25) is 0 Å². The molecule has 96 valence electrons. The lowest BCUT2D eigenvalue weighted by Gasteiger charge is -2.16. The maximum Gasteiger partial charge on any atom is 0.130 e. The maximum absolute atomic E-state index is 13.9. The van der Waals surface area contributed by atoms with Crippen LogP contribution >= 0.6 is 0 Å². The van der Waals surface area contributed by atoms with E-state index in [1.165, 1.54) is 6.07 Å². The summed E-state index contributed by atoms with van der Waals surface area (Å²) >= 11 is 0. The monoisotopic (exact) mass is 248 g/mol. The highest BCUT2D eigenvalue weighted by Crippen LogP contribution is 2.38. The number of phenolic OH excluding ortho intramolecular Hbond substituents is 2. The van der Waals surface area contributed by atoms with Gasteiger partial charge in [0.15, 0.2) is 0 Å². The van der Waals surface area contributed by atoms with E-state index >= 15 is 0 Å². The molecule has 0 atom stereocenters. The molecule has 0 bridgehead atoms. The fourth-order valence-electron chi connectivity index (χ4n) is 2.39. The third-order valence-corrected chi connectivity index (χ3v) is 3.26. The summed E-state index contributed by atoms with van der Waals surface area (Å²) in [4.78, 5) is 0. The molecule has 0 fully saturated rings. The average Bonchev–Trinajstić information content (AvgIpc) is 2.29. The SMILES string of the molecule is CCc1c(F)cc(O)c2cc(O)cc(C(C)C)c12. The van der Waals surface area contributed by atoms with Crippen LogP contribution in [0.4, 0.5) is 4.39 Å². The minimum absolute atomic E-state index is 0.0927. The first-order valence-corrected chi connectivity index (χ1v) is 6.12. The molecule has 2 aromatic carbocycles. The fourth-order valence-corrected chi connectivity index (χ4v) is 2.39. The predicted octanol–water partition coefficient (Wildman–Crippen LogP) is 4.08. The van der Waals surface area contributed by atoms with Crippen LogP contribution < -0.4 is 0 Å². The molecule has 0 saturated carbocycles. The van der Waals surface area contributed by atoms with Crippen molar-refractivity contribution >= 4 is 10.8 Å². The van der Waals surface area contributed by atoms with Gasteiger partial charge in [-0.1, -0.05) is 20.8 Å². The highest BCUT2D eigenvalue weighted by molar-refractivity contribution is 5.95. The van der Waals surface area contributed by atoms with E-state index in [1.54, 1.807) is 6.07 Å². The van der Waals surface area contributed by atoms with Gasteiger partial charge in [-0.05, 0) is 41.0 Å². The first-order valence-electron chi connectivity index (χ1n) is 6.12. The molecule has 2 rings (SSSR count). The molecule has 3 heteroatoms. The Morgan fingerprint density at radius 3 is 2.39 bits per heavy atom. The Labute approximate surface area is 106 Å². The van der Waals surface area contributed by atoms with E-state index in [-0.39, 0.29) is 17.4 Å². The summed E-state index contributed by atoms with van der Waals surface area (Å²) in [6.07, 6.45) is 0.549. The van der Waals surface area contributed by atoms with Crippen LogP contribution in [-0.4, -0.2) is 10.2 Å². The zero-order chi connectivity index (χ0) is 13.4. The molecule has 18 heavy (non-hydrogen) atoms. The van der Waals surface area contributed by atoms with Crippen molar-refractivity contribution in [2.24, 2.45) is 0 Å². The van der Waals surface area contributed by atoms with Gasteiger partial charge in [-0.15, -0.1) is 0 Å². The Morgan fingerprint density at radius 1 is 1.17 bits per heavy atom. The van der Waals surface area contributed by atoms with E-state index in [4.69, 9.17) is 0 Å². The van der Waals surface area contributed by atoms with Gasteiger partial charge in [0.05, 0.1) is 0 Å². The largest absolute Gasteiger partial charge is 0.508 e. The molecule has 0 heterocycles. The molecule has 2 N–H and O–H groups in total. The molecule has 0 aromatic heterocycles. The summed E-state index contributed by atoms with van der Waals surface area (Å²) in [6, 6.07) is 4.24. The van der Waals surface area contributed by atoms with E-state index in [0.29, 0.717) is 17.4 Å². The highest BCUT2D eigenvalue weighted by atomic mass is 19.1.